The van der Waals surface area contributed by atoms with Gasteiger partial charge in [0.15, 0.2) is 0 Å². The topological polar surface area (TPSA) is 89.7 Å². The average molecular weight is 232 g/mol. The quantitative estimate of drug-likeness (QED) is 0.345. The molecule has 0 atom stereocenters. The van der Waals surface area contributed by atoms with Crippen molar-refractivity contribution in [2.24, 2.45) is 21.7 Å². The lowest BCUT2D eigenvalue weighted by Crippen LogP contribution is -2.21. The Kier molecular flexibility index (Phi) is 3.67. The van der Waals surface area contributed by atoms with Crippen LogP contribution >= 0.6 is 23.2 Å². The summed E-state index contributed by atoms with van der Waals surface area (Å²) >= 11 is 11.3. The molecule has 0 aliphatic rings. The maximum Gasteiger partial charge on any atom is 0.211 e. The summed E-state index contributed by atoms with van der Waals surface area (Å²) in [6.07, 6.45) is 1.38. The summed E-state index contributed by atoms with van der Waals surface area (Å²) < 4.78 is 0. The smallest absolute Gasteiger partial charge is 0.211 e. The number of nitrogens with zero attached hydrogens (tertiary/aromatic N) is 3. The molecule has 0 aromatic carbocycles. The van der Waals surface area contributed by atoms with Crippen LogP contribution < -0.4 is 11.5 Å². The lowest BCUT2D eigenvalue weighted by atomic mass is 10.3. The van der Waals surface area contributed by atoms with E-state index in [0.717, 1.165) is 0 Å². The van der Waals surface area contributed by atoms with Crippen LogP contribution in [-0.2, 0) is 0 Å². The molecular formula is C7H7Cl2N5. The van der Waals surface area contributed by atoms with Crippen molar-refractivity contribution >= 4 is 35.4 Å². The summed E-state index contributed by atoms with van der Waals surface area (Å²) in [6, 6.07) is 3.24. The van der Waals surface area contributed by atoms with Gasteiger partial charge in [-0.05, 0) is 12.1 Å². The molecule has 14 heavy (non-hydrogen) atoms. The zero-order chi connectivity index (χ0) is 10.6. The highest BCUT2D eigenvalue weighted by atomic mass is 35.5. The Morgan fingerprint density at radius 3 is 2.64 bits per heavy atom. The standard InChI is InChI=1S/C7H7Cl2N5/c8-5-2-1-4(6(9)13-5)3-12-14-7(10)11/h1-3H,(H4,10,11,14)/b12-3+. The van der Waals surface area contributed by atoms with Gasteiger partial charge in [0.05, 0.1) is 6.21 Å². The summed E-state index contributed by atoms with van der Waals surface area (Å²) in [5, 5.41) is 7.54. The Hall–Kier alpha value is -1.33. The highest BCUT2D eigenvalue weighted by Crippen LogP contribution is 2.14. The molecule has 1 rings (SSSR count). The van der Waals surface area contributed by atoms with Crippen molar-refractivity contribution in [3.63, 3.8) is 0 Å². The molecule has 1 aromatic rings. The number of halogens is 2. The van der Waals surface area contributed by atoms with E-state index in [2.05, 4.69) is 15.2 Å². The van der Waals surface area contributed by atoms with Crippen LogP contribution in [0.3, 0.4) is 0 Å². The predicted molar refractivity (Wildman–Crippen MR) is 57.7 cm³/mol. The van der Waals surface area contributed by atoms with Gasteiger partial charge in [0.25, 0.3) is 0 Å². The van der Waals surface area contributed by atoms with E-state index in [1.165, 1.54) is 6.21 Å². The number of guanidine groups is 1. The number of hydrogen-bond donors (Lipinski definition) is 2. The van der Waals surface area contributed by atoms with E-state index in [9.17, 15) is 0 Å². The maximum absolute atomic E-state index is 5.75. The molecule has 0 bridgehead atoms. The molecule has 1 heterocycles. The molecule has 7 heteroatoms. The predicted octanol–water partition coefficient (Wildman–Crippen LogP) is 0.996. The van der Waals surface area contributed by atoms with Gasteiger partial charge >= 0.3 is 0 Å². The largest absolute Gasteiger partial charge is 0.369 e. The van der Waals surface area contributed by atoms with E-state index in [1.54, 1.807) is 12.1 Å². The first-order valence-corrected chi connectivity index (χ1v) is 4.29. The lowest BCUT2D eigenvalue weighted by molar-refractivity contribution is 1.21. The van der Waals surface area contributed by atoms with Gasteiger partial charge in [0.2, 0.25) is 5.96 Å². The molecule has 0 radical (unpaired) electrons. The van der Waals surface area contributed by atoms with Crippen molar-refractivity contribution in [1.82, 2.24) is 4.98 Å². The molecule has 0 saturated carbocycles. The van der Waals surface area contributed by atoms with E-state index in [1.807, 2.05) is 0 Å². The van der Waals surface area contributed by atoms with E-state index >= 15 is 0 Å². The van der Waals surface area contributed by atoms with Crippen LogP contribution in [0.5, 0.6) is 0 Å². The fraction of sp³-hybridized carbons (Fsp3) is 0. The van der Waals surface area contributed by atoms with Crippen LogP contribution in [0.2, 0.25) is 10.3 Å². The van der Waals surface area contributed by atoms with Gasteiger partial charge < -0.3 is 11.5 Å². The lowest BCUT2D eigenvalue weighted by Gasteiger charge is -1.95. The Morgan fingerprint density at radius 2 is 2.07 bits per heavy atom. The minimum Gasteiger partial charge on any atom is -0.369 e. The first-order valence-electron chi connectivity index (χ1n) is 3.53. The third kappa shape index (κ3) is 3.20. The molecule has 74 valence electrons. The highest BCUT2D eigenvalue weighted by molar-refractivity contribution is 6.34. The molecule has 0 aliphatic carbocycles. The van der Waals surface area contributed by atoms with Gasteiger partial charge in [-0.15, -0.1) is 5.10 Å². The Labute approximate surface area is 90.4 Å². The summed E-state index contributed by atoms with van der Waals surface area (Å²) in [5.74, 6) is -0.126. The molecule has 5 nitrogen and oxygen atoms in total. The van der Waals surface area contributed by atoms with E-state index in [0.29, 0.717) is 10.7 Å². The second kappa shape index (κ2) is 4.78. The van der Waals surface area contributed by atoms with Crippen molar-refractivity contribution in [3.8, 4) is 0 Å². The highest BCUT2D eigenvalue weighted by Gasteiger charge is 1.98. The van der Waals surface area contributed by atoms with Crippen molar-refractivity contribution < 1.29 is 0 Å². The van der Waals surface area contributed by atoms with Crippen LogP contribution in [0.4, 0.5) is 0 Å². The number of hydrogen-bond acceptors (Lipinski definition) is 3. The van der Waals surface area contributed by atoms with Crippen molar-refractivity contribution in [3.05, 3.63) is 28.0 Å². The summed E-state index contributed by atoms with van der Waals surface area (Å²) in [7, 11) is 0. The van der Waals surface area contributed by atoms with Crippen molar-refractivity contribution in [2.75, 3.05) is 0 Å². The third-order valence-electron chi connectivity index (χ3n) is 1.21. The minimum atomic E-state index is -0.126. The second-order valence-electron chi connectivity index (χ2n) is 2.28. The van der Waals surface area contributed by atoms with Crippen molar-refractivity contribution in [1.29, 1.82) is 0 Å². The van der Waals surface area contributed by atoms with Crippen LogP contribution in [0.1, 0.15) is 5.56 Å². The Balaban J connectivity index is 2.87. The molecule has 0 aliphatic heterocycles. The molecule has 0 amide bonds. The molecule has 4 N–H and O–H groups in total. The zero-order valence-corrected chi connectivity index (χ0v) is 8.50. The Bertz CT molecular complexity index is 384. The number of rotatable bonds is 2. The van der Waals surface area contributed by atoms with Gasteiger partial charge in [-0.2, -0.15) is 5.10 Å². The fourth-order valence-electron chi connectivity index (χ4n) is 0.677. The molecule has 0 saturated heterocycles. The molecule has 0 fully saturated rings. The van der Waals surface area contributed by atoms with Crippen LogP contribution in [-0.4, -0.2) is 17.2 Å². The molecule has 0 unspecified atom stereocenters. The fourth-order valence-corrected chi connectivity index (χ4v) is 1.07. The van der Waals surface area contributed by atoms with Gasteiger partial charge in [-0.3, -0.25) is 0 Å². The van der Waals surface area contributed by atoms with E-state index in [4.69, 9.17) is 34.7 Å². The number of pyridine rings is 1. The van der Waals surface area contributed by atoms with Gasteiger partial charge in [-0.25, -0.2) is 4.98 Å². The monoisotopic (exact) mass is 231 g/mol. The minimum absolute atomic E-state index is 0.126. The molecule has 1 aromatic heterocycles. The van der Waals surface area contributed by atoms with Gasteiger partial charge in [0, 0.05) is 5.56 Å². The summed E-state index contributed by atoms with van der Waals surface area (Å²) in [6.45, 7) is 0. The summed E-state index contributed by atoms with van der Waals surface area (Å²) in [5.41, 5.74) is 10.7. The van der Waals surface area contributed by atoms with Crippen LogP contribution in [0.25, 0.3) is 0 Å². The van der Waals surface area contributed by atoms with Gasteiger partial charge in [0.1, 0.15) is 10.3 Å². The van der Waals surface area contributed by atoms with Crippen LogP contribution in [0, 0.1) is 0 Å². The number of nitrogens with two attached hydrogens (primary N) is 2. The Morgan fingerprint density at radius 1 is 1.36 bits per heavy atom. The zero-order valence-electron chi connectivity index (χ0n) is 6.98. The molecule has 0 spiro atoms. The van der Waals surface area contributed by atoms with Crippen LogP contribution in [0.15, 0.2) is 22.3 Å². The average Bonchev–Trinajstić information content (AvgIpc) is 2.08. The van der Waals surface area contributed by atoms with E-state index < -0.39 is 0 Å². The normalized spacial score (nSPS) is 10.4. The first kappa shape index (κ1) is 10.7. The van der Waals surface area contributed by atoms with Crippen molar-refractivity contribution in [2.45, 2.75) is 0 Å². The SMILES string of the molecule is NC(N)=N/N=C/c1ccc(Cl)nc1Cl. The maximum atomic E-state index is 5.75. The number of aromatic nitrogens is 1. The first-order chi connectivity index (χ1) is 6.59. The third-order valence-corrected chi connectivity index (χ3v) is 1.73. The van der Waals surface area contributed by atoms with E-state index in [-0.39, 0.29) is 11.1 Å². The summed E-state index contributed by atoms with van der Waals surface area (Å²) in [4.78, 5) is 3.80. The molecular weight excluding hydrogens is 225 g/mol. The van der Waals surface area contributed by atoms with Gasteiger partial charge in [-0.1, -0.05) is 23.2 Å². The second-order valence-corrected chi connectivity index (χ2v) is 3.03.